The minimum absolute atomic E-state index is 0.347. The standard InChI is InChI=1S/C14H28O2/c1-3-5-6-7-8-10-13(9-4-2)11-12-14(15)16/h13H,3-12H2,1-2H3,(H,15,16). The van der Waals surface area contributed by atoms with E-state index < -0.39 is 5.97 Å². The fraction of sp³-hybridized carbons (Fsp3) is 0.929. The van der Waals surface area contributed by atoms with Gasteiger partial charge in [-0.2, -0.15) is 0 Å². The quantitative estimate of drug-likeness (QED) is 0.523. The maximum Gasteiger partial charge on any atom is 0.303 e. The van der Waals surface area contributed by atoms with Crippen molar-refractivity contribution in [1.29, 1.82) is 0 Å². The van der Waals surface area contributed by atoms with Crippen LogP contribution in [0.25, 0.3) is 0 Å². The molecule has 0 fully saturated rings. The molecule has 0 aliphatic heterocycles. The minimum atomic E-state index is -0.646. The molecule has 1 N–H and O–H groups in total. The topological polar surface area (TPSA) is 37.3 Å². The lowest BCUT2D eigenvalue weighted by atomic mass is 9.92. The smallest absolute Gasteiger partial charge is 0.303 e. The van der Waals surface area contributed by atoms with Crippen LogP contribution in [0.1, 0.15) is 78.1 Å². The van der Waals surface area contributed by atoms with Gasteiger partial charge < -0.3 is 5.11 Å². The molecule has 2 heteroatoms. The molecule has 2 nitrogen and oxygen atoms in total. The van der Waals surface area contributed by atoms with Crippen LogP contribution in [-0.2, 0) is 4.79 Å². The first-order chi connectivity index (χ1) is 7.70. The number of carboxylic acid groups (broad SMARTS) is 1. The van der Waals surface area contributed by atoms with Crippen LogP contribution in [0.5, 0.6) is 0 Å². The molecule has 0 aromatic heterocycles. The van der Waals surface area contributed by atoms with Crippen molar-refractivity contribution in [2.24, 2.45) is 5.92 Å². The summed E-state index contributed by atoms with van der Waals surface area (Å²) in [5, 5.41) is 8.67. The normalized spacial score (nSPS) is 12.6. The second-order valence-corrected chi connectivity index (χ2v) is 4.79. The van der Waals surface area contributed by atoms with Gasteiger partial charge in [0.2, 0.25) is 0 Å². The van der Waals surface area contributed by atoms with Gasteiger partial charge in [-0.15, -0.1) is 0 Å². The fourth-order valence-corrected chi connectivity index (χ4v) is 2.21. The number of hydrogen-bond donors (Lipinski definition) is 1. The molecule has 0 aromatic carbocycles. The predicted molar refractivity (Wildman–Crippen MR) is 68.6 cm³/mol. The maximum atomic E-state index is 10.5. The summed E-state index contributed by atoms with van der Waals surface area (Å²) in [5.41, 5.74) is 0. The van der Waals surface area contributed by atoms with E-state index in [0.717, 1.165) is 6.42 Å². The van der Waals surface area contributed by atoms with Gasteiger partial charge in [0.15, 0.2) is 0 Å². The first kappa shape index (κ1) is 15.5. The monoisotopic (exact) mass is 228 g/mol. The molecule has 0 saturated heterocycles. The molecule has 0 aliphatic carbocycles. The van der Waals surface area contributed by atoms with E-state index in [-0.39, 0.29) is 0 Å². The second-order valence-electron chi connectivity index (χ2n) is 4.79. The van der Waals surface area contributed by atoms with Gasteiger partial charge in [-0.3, -0.25) is 4.79 Å². The van der Waals surface area contributed by atoms with Crippen molar-refractivity contribution in [1.82, 2.24) is 0 Å². The van der Waals surface area contributed by atoms with Gasteiger partial charge in [0, 0.05) is 6.42 Å². The van der Waals surface area contributed by atoms with Gasteiger partial charge in [0.1, 0.15) is 0 Å². The highest BCUT2D eigenvalue weighted by Gasteiger charge is 2.09. The molecule has 96 valence electrons. The molecular formula is C14H28O2. The van der Waals surface area contributed by atoms with Crippen LogP contribution in [0, 0.1) is 5.92 Å². The summed E-state index contributed by atoms with van der Waals surface area (Å²) in [6.07, 6.45) is 11.4. The van der Waals surface area contributed by atoms with Crippen molar-refractivity contribution in [3.05, 3.63) is 0 Å². The van der Waals surface area contributed by atoms with Crippen LogP contribution >= 0.6 is 0 Å². The van der Waals surface area contributed by atoms with Crippen LogP contribution in [0.2, 0.25) is 0 Å². The number of hydrogen-bond acceptors (Lipinski definition) is 1. The van der Waals surface area contributed by atoms with Crippen molar-refractivity contribution in [2.45, 2.75) is 78.1 Å². The summed E-state index contributed by atoms with van der Waals surface area (Å²) >= 11 is 0. The van der Waals surface area contributed by atoms with E-state index in [1.165, 1.54) is 51.4 Å². The third-order valence-corrected chi connectivity index (χ3v) is 3.18. The summed E-state index contributed by atoms with van der Waals surface area (Å²) in [7, 11) is 0. The SMILES string of the molecule is CCCCCCCC(CCC)CCC(=O)O. The first-order valence-corrected chi connectivity index (χ1v) is 6.92. The molecule has 16 heavy (non-hydrogen) atoms. The zero-order chi connectivity index (χ0) is 12.2. The van der Waals surface area contributed by atoms with Gasteiger partial charge in [-0.1, -0.05) is 65.2 Å². The molecule has 0 saturated carbocycles. The van der Waals surface area contributed by atoms with Crippen molar-refractivity contribution in [2.75, 3.05) is 0 Å². The highest BCUT2D eigenvalue weighted by molar-refractivity contribution is 5.66. The summed E-state index contributed by atoms with van der Waals surface area (Å²) < 4.78 is 0. The third-order valence-electron chi connectivity index (χ3n) is 3.18. The number of unbranched alkanes of at least 4 members (excludes halogenated alkanes) is 4. The molecular weight excluding hydrogens is 200 g/mol. The van der Waals surface area contributed by atoms with Gasteiger partial charge in [-0.25, -0.2) is 0 Å². The molecule has 0 bridgehead atoms. The Morgan fingerprint density at radius 2 is 1.62 bits per heavy atom. The van der Waals surface area contributed by atoms with Gasteiger partial charge in [0.25, 0.3) is 0 Å². The lowest BCUT2D eigenvalue weighted by Crippen LogP contribution is -2.04. The van der Waals surface area contributed by atoms with Crippen molar-refractivity contribution < 1.29 is 9.90 Å². The summed E-state index contributed by atoms with van der Waals surface area (Å²) in [6, 6.07) is 0. The highest BCUT2D eigenvalue weighted by Crippen LogP contribution is 2.21. The minimum Gasteiger partial charge on any atom is -0.481 e. The Morgan fingerprint density at radius 3 is 2.19 bits per heavy atom. The van der Waals surface area contributed by atoms with Crippen molar-refractivity contribution in [3.8, 4) is 0 Å². The van der Waals surface area contributed by atoms with Crippen LogP contribution in [0.15, 0.2) is 0 Å². The number of aliphatic carboxylic acids is 1. The van der Waals surface area contributed by atoms with Crippen molar-refractivity contribution in [3.63, 3.8) is 0 Å². The third kappa shape index (κ3) is 10.0. The Bertz CT molecular complexity index is 166. The van der Waals surface area contributed by atoms with Crippen LogP contribution in [0.4, 0.5) is 0 Å². The predicted octanol–water partition coefficient (Wildman–Crippen LogP) is 4.63. The highest BCUT2D eigenvalue weighted by atomic mass is 16.4. The van der Waals surface area contributed by atoms with Gasteiger partial charge >= 0.3 is 5.97 Å². The molecule has 0 radical (unpaired) electrons. The molecule has 0 aliphatic rings. The molecule has 0 heterocycles. The van der Waals surface area contributed by atoms with Gasteiger partial charge in [0.05, 0.1) is 0 Å². The van der Waals surface area contributed by atoms with Crippen LogP contribution in [-0.4, -0.2) is 11.1 Å². The molecule has 0 spiro atoms. The second kappa shape index (κ2) is 11.0. The average Bonchev–Trinajstić information content (AvgIpc) is 2.25. The van der Waals surface area contributed by atoms with E-state index in [9.17, 15) is 4.79 Å². The molecule has 1 unspecified atom stereocenters. The largest absolute Gasteiger partial charge is 0.481 e. The van der Waals surface area contributed by atoms with E-state index in [0.29, 0.717) is 12.3 Å². The van der Waals surface area contributed by atoms with Crippen LogP contribution in [0.3, 0.4) is 0 Å². The number of rotatable bonds is 11. The average molecular weight is 228 g/mol. The Labute approximate surface area is 100 Å². The van der Waals surface area contributed by atoms with E-state index >= 15 is 0 Å². The summed E-state index contributed by atoms with van der Waals surface area (Å²) in [4.78, 5) is 10.5. The Kier molecular flexibility index (Phi) is 10.6. The summed E-state index contributed by atoms with van der Waals surface area (Å²) in [6.45, 7) is 4.41. The zero-order valence-electron chi connectivity index (χ0n) is 11.0. The van der Waals surface area contributed by atoms with Crippen LogP contribution < -0.4 is 0 Å². The molecule has 1 atom stereocenters. The van der Waals surface area contributed by atoms with Gasteiger partial charge in [-0.05, 0) is 12.3 Å². The zero-order valence-corrected chi connectivity index (χ0v) is 11.0. The Hall–Kier alpha value is -0.530. The lowest BCUT2D eigenvalue weighted by Gasteiger charge is -2.14. The molecule has 0 rings (SSSR count). The Morgan fingerprint density at radius 1 is 0.938 bits per heavy atom. The van der Waals surface area contributed by atoms with E-state index in [4.69, 9.17) is 5.11 Å². The van der Waals surface area contributed by atoms with Crippen molar-refractivity contribution >= 4 is 5.97 Å². The lowest BCUT2D eigenvalue weighted by molar-refractivity contribution is -0.137. The first-order valence-electron chi connectivity index (χ1n) is 6.92. The Balaban J connectivity index is 3.55. The summed E-state index contributed by atoms with van der Waals surface area (Å²) in [5.74, 6) is -0.00480. The molecule has 0 amide bonds. The fourth-order valence-electron chi connectivity index (χ4n) is 2.21. The molecule has 0 aromatic rings. The number of carbonyl (C=O) groups is 1. The maximum absolute atomic E-state index is 10.5. The van der Waals surface area contributed by atoms with E-state index in [1.54, 1.807) is 0 Å². The van der Waals surface area contributed by atoms with E-state index in [2.05, 4.69) is 13.8 Å². The van der Waals surface area contributed by atoms with E-state index in [1.807, 2.05) is 0 Å². The number of carboxylic acids is 1.